The van der Waals surface area contributed by atoms with Gasteiger partial charge in [0.05, 0.1) is 22.8 Å². The fraction of sp³-hybridized carbons (Fsp3) is 0.381. The summed E-state index contributed by atoms with van der Waals surface area (Å²) in [7, 11) is -0.281. The molecule has 3 nitrogen and oxygen atoms in total. The van der Waals surface area contributed by atoms with Crippen molar-refractivity contribution in [3.63, 3.8) is 0 Å². The van der Waals surface area contributed by atoms with Gasteiger partial charge in [0.15, 0.2) is 0 Å². The molecule has 0 unspecified atom stereocenters. The van der Waals surface area contributed by atoms with E-state index in [4.69, 9.17) is 14.6 Å². The summed E-state index contributed by atoms with van der Waals surface area (Å²) >= 11 is 6.81. The zero-order chi connectivity index (χ0) is 20.4. The summed E-state index contributed by atoms with van der Waals surface area (Å²) in [6.07, 6.45) is 0. The Morgan fingerprint density at radius 2 is 1.30 bits per heavy atom. The molecule has 0 aliphatic carbocycles. The van der Waals surface area contributed by atoms with Crippen molar-refractivity contribution in [2.45, 2.75) is 52.7 Å². The SMILES string of the molecule is Cc1cc(Br)cc(B2OC(C)(C)C(C)(C)O2)c1.Cc1cc(Br)cc(C#N)c1. The smallest absolute Gasteiger partial charge is 0.399 e. The average Bonchev–Trinajstić information content (AvgIpc) is 2.74. The van der Waals surface area contributed by atoms with Gasteiger partial charge in [-0.2, -0.15) is 5.26 Å². The lowest BCUT2D eigenvalue weighted by atomic mass is 9.78. The van der Waals surface area contributed by atoms with Crippen LogP contribution < -0.4 is 5.46 Å². The number of hydrogen-bond donors (Lipinski definition) is 0. The van der Waals surface area contributed by atoms with E-state index in [0.29, 0.717) is 5.56 Å². The van der Waals surface area contributed by atoms with Gasteiger partial charge in [0.25, 0.3) is 0 Å². The second-order valence-electron chi connectivity index (χ2n) is 7.78. The predicted octanol–water partition coefficient (Wildman–Crippen LogP) is 5.69. The van der Waals surface area contributed by atoms with Crippen LogP contribution in [-0.4, -0.2) is 18.3 Å². The molecule has 1 fully saturated rings. The van der Waals surface area contributed by atoms with Crippen molar-refractivity contribution in [1.82, 2.24) is 0 Å². The zero-order valence-corrected chi connectivity index (χ0v) is 19.7. The Morgan fingerprint density at radius 3 is 1.74 bits per heavy atom. The number of halogens is 2. The van der Waals surface area contributed by atoms with Crippen LogP contribution in [0.15, 0.2) is 45.3 Å². The number of rotatable bonds is 1. The molecule has 0 atom stereocenters. The highest BCUT2D eigenvalue weighted by atomic mass is 79.9. The molecule has 1 heterocycles. The number of benzene rings is 2. The highest BCUT2D eigenvalue weighted by Crippen LogP contribution is 2.36. The quantitative estimate of drug-likeness (QED) is 0.480. The van der Waals surface area contributed by atoms with E-state index in [-0.39, 0.29) is 18.3 Å². The van der Waals surface area contributed by atoms with E-state index >= 15 is 0 Å². The predicted molar refractivity (Wildman–Crippen MR) is 118 cm³/mol. The normalized spacial score (nSPS) is 17.1. The van der Waals surface area contributed by atoms with Crippen molar-refractivity contribution in [2.75, 3.05) is 0 Å². The van der Waals surface area contributed by atoms with Crippen LogP contribution in [0.1, 0.15) is 44.4 Å². The maximum atomic E-state index is 8.52. The molecule has 0 spiro atoms. The molecular weight excluding hydrogens is 469 g/mol. The van der Waals surface area contributed by atoms with E-state index in [9.17, 15) is 0 Å². The maximum Gasteiger partial charge on any atom is 0.494 e. The molecule has 3 rings (SSSR count). The maximum absolute atomic E-state index is 8.52. The van der Waals surface area contributed by atoms with Gasteiger partial charge in [0.1, 0.15) is 0 Å². The van der Waals surface area contributed by atoms with E-state index < -0.39 is 0 Å². The van der Waals surface area contributed by atoms with Gasteiger partial charge in [-0.1, -0.05) is 43.5 Å². The van der Waals surface area contributed by atoms with Gasteiger partial charge in [0.2, 0.25) is 0 Å². The lowest BCUT2D eigenvalue weighted by Gasteiger charge is -2.32. The zero-order valence-electron chi connectivity index (χ0n) is 16.6. The summed E-state index contributed by atoms with van der Waals surface area (Å²) in [4.78, 5) is 0. The van der Waals surface area contributed by atoms with Gasteiger partial charge >= 0.3 is 7.12 Å². The van der Waals surface area contributed by atoms with Gasteiger partial charge in [-0.15, -0.1) is 0 Å². The summed E-state index contributed by atoms with van der Waals surface area (Å²) in [5.41, 5.74) is 3.50. The molecule has 1 aliphatic rings. The highest BCUT2D eigenvalue weighted by Gasteiger charge is 2.51. The molecular formula is C21H24BBr2NO2. The molecule has 0 saturated carbocycles. The molecule has 2 aromatic carbocycles. The summed E-state index contributed by atoms with van der Waals surface area (Å²) in [5, 5.41) is 8.52. The lowest BCUT2D eigenvalue weighted by molar-refractivity contribution is 0.00578. The molecule has 0 amide bonds. The lowest BCUT2D eigenvalue weighted by Crippen LogP contribution is -2.41. The van der Waals surface area contributed by atoms with Crippen molar-refractivity contribution < 1.29 is 9.31 Å². The minimum absolute atomic E-state index is 0.281. The molecule has 6 heteroatoms. The van der Waals surface area contributed by atoms with Crippen LogP contribution >= 0.6 is 31.9 Å². The molecule has 27 heavy (non-hydrogen) atoms. The summed E-state index contributed by atoms with van der Waals surface area (Å²) in [6, 6.07) is 13.9. The third-order valence-corrected chi connectivity index (χ3v) is 5.68. The van der Waals surface area contributed by atoms with Crippen LogP contribution in [-0.2, 0) is 9.31 Å². The topological polar surface area (TPSA) is 42.2 Å². The monoisotopic (exact) mass is 491 g/mol. The third kappa shape index (κ3) is 5.68. The number of nitriles is 1. The fourth-order valence-electron chi connectivity index (χ4n) is 2.68. The summed E-state index contributed by atoms with van der Waals surface area (Å²) in [6.45, 7) is 12.3. The van der Waals surface area contributed by atoms with Crippen LogP contribution in [0.25, 0.3) is 0 Å². The Morgan fingerprint density at radius 1 is 0.815 bits per heavy atom. The van der Waals surface area contributed by atoms with Gasteiger partial charge < -0.3 is 9.31 Å². The Hall–Kier alpha value is -1.13. The molecule has 1 aliphatic heterocycles. The van der Waals surface area contributed by atoms with Crippen LogP contribution in [0.2, 0.25) is 0 Å². The van der Waals surface area contributed by atoms with Crippen LogP contribution in [0.4, 0.5) is 0 Å². The van der Waals surface area contributed by atoms with Crippen molar-refractivity contribution in [2.24, 2.45) is 0 Å². The first-order chi connectivity index (χ1) is 12.4. The molecule has 0 aromatic heterocycles. The molecule has 0 radical (unpaired) electrons. The van der Waals surface area contributed by atoms with Crippen molar-refractivity contribution in [1.29, 1.82) is 5.26 Å². The van der Waals surface area contributed by atoms with Gasteiger partial charge in [-0.3, -0.25) is 0 Å². The molecule has 1 saturated heterocycles. The minimum Gasteiger partial charge on any atom is -0.399 e. The number of hydrogen-bond acceptors (Lipinski definition) is 3. The first kappa shape index (κ1) is 22.2. The highest BCUT2D eigenvalue weighted by molar-refractivity contribution is 9.10. The second-order valence-corrected chi connectivity index (χ2v) is 9.61. The molecule has 142 valence electrons. The van der Waals surface area contributed by atoms with E-state index in [1.54, 1.807) is 6.07 Å². The van der Waals surface area contributed by atoms with Crippen molar-refractivity contribution >= 4 is 44.4 Å². The van der Waals surface area contributed by atoms with E-state index in [2.05, 4.69) is 90.7 Å². The number of aryl methyl sites for hydroxylation is 2. The van der Waals surface area contributed by atoms with Gasteiger partial charge in [-0.25, -0.2) is 0 Å². The molecule has 2 aromatic rings. The minimum atomic E-state index is -0.284. The van der Waals surface area contributed by atoms with Gasteiger partial charge in [0, 0.05) is 8.95 Å². The first-order valence-electron chi connectivity index (χ1n) is 8.73. The van der Waals surface area contributed by atoms with Crippen molar-refractivity contribution in [3.05, 3.63) is 62.0 Å². The average molecular weight is 493 g/mol. The fourth-order valence-corrected chi connectivity index (χ4v) is 3.91. The van der Waals surface area contributed by atoms with Crippen LogP contribution in [0.3, 0.4) is 0 Å². The standard InChI is InChI=1S/C13H18BBrO2.C8H6BrN/c1-9-6-10(8-11(15)7-9)14-16-12(2,3)13(4,5)17-14;1-6-2-7(5-10)4-8(9)3-6/h6-8H,1-5H3;2-4H,1H3. The van der Waals surface area contributed by atoms with E-state index in [1.807, 2.05) is 19.1 Å². The Balaban J connectivity index is 0.000000223. The van der Waals surface area contributed by atoms with Crippen LogP contribution in [0, 0.1) is 25.2 Å². The van der Waals surface area contributed by atoms with Crippen molar-refractivity contribution in [3.8, 4) is 6.07 Å². The largest absolute Gasteiger partial charge is 0.494 e. The molecule has 0 bridgehead atoms. The Kier molecular flexibility index (Phi) is 6.97. The third-order valence-electron chi connectivity index (χ3n) is 4.76. The molecule has 0 N–H and O–H groups in total. The van der Waals surface area contributed by atoms with Crippen LogP contribution in [0.5, 0.6) is 0 Å². The Bertz CT molecular complexity index is 818. The van der Waals surface area contributed by atoms with Gasteiger partial charge in [-0.05, 0) is 82.9 Å². The summed E-state index contributed by atoms with van der Waals surface area (Å²) in [5.74, 6) is 0. The van der Waals surface area contributed by atoms with E-state index in [1.165, 1.54) is 5.56 Å². The Labute approximate surface area is 179 Å². The number of nitrogens with zero attached hydrogens (tertiary/aromatic N) is 1. The van der Waals surface area contributed by atoms with E-state index in [0.717, 1.165) is 20.0 Å². The summed E-state index contributed by atoms with van der Waals surface area (Å²) < 4.78 is 14.1. The first-order valence-corrected chi connectivity index (χ1v) is 10.3. The second kappa shape index (κ2) is 8.49.